The summed E-state index contributed by atoms with van der Waals surface area (Å²) in [6.45, 7) is 1.84. The summed E-state index contributed by atoms with van der Waals surface area (Å²) in [6.07, 6.45) is 1.09. The minimum absolute atomic E-state index is 0.161. The minimum Gasteiger partial charge on any atom is -0.492 e. The van der Waals surface area contributed by atoms with Crippen LogP contribution in [0.15, 0.2) is 24.3 Å². The van der Waals surface area contributed by atoms with Crippen molar-refractivity contribution < 1.29 is 17.9 Å². The lowest BCUT2D eigenvalue weighted by molar-refractivity contribution is -0.114. The van der Waals surface area contributed by atoms with Crippen LogP contribution in [-0.4, -0.2) is 33.7 Å². The summed E-state index contributed by atoms with van der Waals surface area (Å²) in [5, 5.41) is 2.63. The van der Waals surface area contributed by atoms with Crippen molar-refractivity contribution in [2.75, 3.05) is 24.7 Å². The van der Waals surface area contributed by atoms with Crippen molar-refractivity contribution in [2.24, 2.45) is 0 Å². The van der Waals surface area contributed by atoms with E-state index in [4.69, 9.17) is 4.74 Å². The maximum atomic E-state index is 10.9. The molecule has 1 amide bonds. The molecule has 0 aliphatic heterocycles. The number of ether oxygens (including phenoxy) is 1. The van der Waals surface area contributed by atoms with Gasteiger partial charge in [0.1, 0.15) is 12.4 Å². The van der Waals surface area contributed by atoms with Crippen LogP contribution in [-0.2, 0) is 14.8 Å². The lowest BCUT2D eigenvalue weighted by Crippen LogP contribution is -2.26. The molecule has 0 saturated carbocycles. The fourth-order valence-corrected chi connectivity index (χ4v) is 1.72. The predicted octanol–water partition coefficient (Wildman–Crippen LogP) is 0.573. The molecule has 2 N–H and O–H groups in total. The molecule has 0 radical (unpaired) electrons. The molecule has 0 spiro atoms. The van der Waals surface area contributed by atoms with Crippen molar-refractivity contribution in [1.29, 1.82) is 0 Å². The van der Waals surface area contributed by atoms with Gasteiger partial charge >= 0.3 is 0 Å². The van der Waals surface area contributed by atoms with E-state index in [0.717, 1.165) is 6.26 Å². The third-order valence-corrected chi connectivity index (χ3v) is 2.62. The van der Waals surface area contributed by atoms with Crippen molar-refractivity contribution in [1.82, 2.24) is 4.72 Å². The number of nitrogens with one attached hydrogen (secondary N) is 2. The highest BCUT2D eigenvalue weighted by Gasteiger charge is 2.01. The normalized spacial score (nSPS) is 11.0. The van der Waals surface area contributed by atoms with E-state index in [0.29, 0.717) is 11.4 Å². The number of amides is 1. The number of hydrogen-bond donors (Lipinski definition) is 2. The lowest BCUT2D eigenvalue weighted by Gasteiger charge is -2.08. The zero-order chi connectivity index (χ0) is 13.6. The van der Waals surface area contributed by atoms with Gasteiger partial charge in [-0.1, -0.05) is 6.07 Å². The van der Waals surface area contributed by atoms with Crippen molar-refractivity contribution in [3.8, 4) is 5.75 Å². The summed E-state index contributed by atoms with van der Waals surface area (Å²) in [7, 11) is -3.19. The van der Waals surface area contributed by atoms with E-state index < -0.39 is 10.0 Å². The molecule has 6 nitrogen and oxygen atoms in total. The predicted molar refractivity (Wildman–Crippen MR) is 69.1 cm³/mol. The molecule has 0 aromatic heterocycles. The molecule has 0 fully saturated rings. The fourth-order valence-electron chi connectivity index (χ4n) is 1.26. The Bertz CT molecular complexity index is 514. The molecule has 1 aromatic carbocycles. The Morgan fingerprint density at radius 1 is 1.39 bits per heavy atom. The molecule has 0 aliphatic carbocycles. The van der Waals surface area contributed by atoms with Gasteiger partial charge in [0, 0.05) is 25.2 Å². The molecule has 1 rings (SSSR count). The van der Waals surface area contributed by atoms with Gasteiger partial charge in [-0.3, -0.25) is 4.79 Å². The molecule has 7 heteroatoms. The van der Waals surface area contributed by atoms with E-state index in [1.54, 1.807) is 24.3 Å². The van der Waals surface area contributed by atoms with Crippen molar-refractivity contribution in [2.45, 2.75) is 6.92 Å². The topological polar surface area (TPSA) is 84.5 Å². The molecule has 0 heterocycles. The summed E-state index contributed by atoms with van der Waals surface area (Å²) in [6, 6.07) is 6.88. The van der Waals surface area contributed by atoms with Crippen LogP contribution in [0.5, 0.6) is 5.75 Å². The van der Waals surface area contributed by atoms with Crippen LogP contribution in [0.2, 0.25) is 0 Å². The van der Waals surface area contributed by atoms with Crippen molar-refractivity contribution >= 4 is 21.6 Å². The standard InChI is InChI=1S/C11H16N2O4S/c1-9(14)13-10-4-3-5-11(8-10)17-7-6-12-18(2,15)16/h3-5,8,12H,6-7H2,1-2H3,(H,13,14). The maximum Gasteiger partial charge on any atom is 0.221 e. The summed E-state index contributed by atoms with van der Waals surface area (Å²) in [5.41, 5.74) is 0.635. The molecule has 0 atom stereocenters. The second-order valence-corrected chi connectivity index (χ2v) is 5.56. The smallest absolute Gasteiger partial charge is 0.221 e. The molecule has 0 bridgehead atoms. The Morgan fingerprint density at radius 3 is 2.72 bits per heavy atom. The van der Waals surface area contributed by atoms with Gasteiger partial charge in [-0.2, -0.15) is 0 Å². The molecule has 1 aromatic rings. The van der Waals surface area contributed by atoms with Gasteiger partial charge in [0.25, 0.3) is 0 Å². The second-order valence-electron chi connectivity index (χ2n) is 3.72. The van der Waals surface area contributed by atoms with Crippen LogP contribution < -0.4 is 14.8 Å². The average molecular weight is 272 g/mol. The number of rotatable bonds is 6. The summed E-state index contributed by atoms with van der Waals surface area (Å²) in [4.78, 5) is 10.9. The highest BCUT2D eigenvalue weighted by Crippen LogP contribution is 2.16. The average Bonchev–Trinajstić information content (AvgIpc) is 2.23. The van der Waals surface area contributed by atoms with E-state index in [9.17, 15) is 13.2 Å². The van der Waals surface area contributed by atoms with E-state index in [2.05, 4.69) is 10.0 Å². The first-order chi connectivity index (χ1) is 8.37. The van der Waals surface area contributed by atoms with Crippen LogP contribution in [0.1, 0.15) is 6.92 Å². The molecule has 0 unspecified atom stereocenters. The van der Waals surface area contributed by atoms with Gasteiger partial charge in [0.15, 0.2) is 0 Å². The van der Waals surface area contributed by atoms with E-state index >= 15 is 0 Å². The Kier molecular flexibility index (Phi) is 5.11. The first-order valence-electron chi connectivity index (χ1n) is 5.32. The van der Waals surface area contributed by atoms with E-state index in [1.165, 1.54) is 6.92 Å². The number of carbonyl (C=O) groups is 1. The lowest BCUT2D eigenvalue weighted by atomic mass is 10.3. The van der Waals surface area contributed by atoms with Crippen molar-refractivity contribution in [3.63, 3.8) is 0 Å². The van der Waals surface area contributed by atoms with E-state index in [-0.39, 0.29) is 19.1 Å². The zero-order valence-corrected chi connectivity index (χ0v) is 11.1. The highest BCUT2D eigenvalue weighted by molar-refractivity contribution is 7.88. The van der Waals surface area contributed by atoms with Gasteiger partial charge < -0.3 is 10.1 Å². The van der Waals surface area contributed by atoms with Crippen LogP contribution >= 0.6 is 0 Å². The summed E-state index contributed by atoms with van der Waals surface area (Å²) >= 11 is 0. The Balaban J connectivity index is 2.45. The van der Waals surface area contributed by atoms with Gasteiger partial charge in [-0.25, -0.2) is 13.1 Å². The number of sulfonamides is 1. The minimum atomic E-state index is -3.19. The molecule has 18 heavy (non-hydrogen) atoms. The summed E-state index contributed by atoms with van der Waals surface area (Å²) in [5.74, 6) is 0.405. The first kappa shape index (κ1) is 14.5. The van der Waals surface area contributed by atoms with Crippen LogP contribution in [0.4, 0.5) is 5.69 Å². The largest absolute Gasteiger partial charge is 0.492 e. The number of hydrogen-bond acceptors (Lipinski definition) is 4. The number of carbonyl (C=O) groups excluding carboxylic acids is 1. The Morgan fingerprint density at radius 2 is 2.11 bits per heavy atom. The highest BCUT2D eigenvalue weighted by atomic mass is 32.2. The van der Waals surface area contributed by atoms with Gasteiger partial charge in [0.2, 0.25) is 15.9 Å². The SMILES string of the molecule is CC(=O)Nc1cccc(OCCNS(C)(=O)=O)c1. The number of benzene rings is 1. The molecular weight excluding hydrogens is 256 g/mol. The summed E-state index contributed by atoms with van der Waals surface area (Å²) < 4.78 is 29.3. The molecule has 100 valence electrons. The Labute approximate surface area is 106 Å². The van der Waals surface area contributed by atoms with E-state index in [1.807, 2.05) is 0 Å². The van der Waals surface area contributed by atoms with Crippen LogP contribution in [0.25, 0.3) is 0 Å². The van der Waals surface area contributed by atoms with Crippen LogP contribution in [0.3, 0.4) is 0 Å². The first-order valence-corrected chi connectivity index (χ1v) is 7.21. The van der Waals surface area contributed by atoms with Gasteiger partial charge in [-0.05, 0) is 12.1 Å². The monoisotopic (exact) mass is 272 g/mol. The third-order valence-electron chi connectivity index (χ3n) is 1.89. The molecular formula is C11H16N2O4S. The molecule has 0 aliphatic rings. The van der Waals surface area contributed by atoms with Gasteiger partial charge in [-0.15, -0.1) is 0 Å². The van der Waals surface area contributed by atoms with Crippen LogP contribution in [0, 0.1) is 0 Å². The zero-order valence-electron chi connectivity index (χ0n) is 10.3. The fraction of sp³-hybridized carbons (Fsp3) is 0.364. The van der Waals surface area contributed by atoms with Crippen molar-refractivity contribution in [3.05, 3.63) is 24.3 Å². The molecule has 0 saturated heterocycles. The third kappa shape index (κ3) is 6.21. The quantitative estimate of drug-likeness (QED) is 0.742. The van der Waals surface area contributed by atoms with Gasteiger partial charge in [0.05, 0.1) is 6.26 Å². The number of anilines is 1. The maximum absolute atomic E-state index is 10.9. The second kappa shape index (κ2) is 6.36. The Hall–Kier alpha value is -1.60.